The van der Waals surface area contributed by atoms with E-state index in [1.54, 1.807) is 0 Å². The molecule has 0 bridgehead atoms. The molecule has 0 unspecified atom stereocenters. The van der Waals surface area contributed by atoms with E-state index in [0.29, 0.717) is 12.5 Å². The quantitative estimate of drug-likeness (QED) is 0.650. The number of nitrogens with one attached hydrogen (secondary N) is 1. The van der Waals surface area contributed by atoms with Crippen molar-refractivity contribution in [3.63, 3.8) is 0 Å². The Hall–Kier alpha value is -0.910. The minimum absolute atomic E-state index is 0. The molecule has 1 saturated heterocycles. The number of carbonyl (C=O) groups is 1. The summed E-state index contributed by atoms with van der Waals surface area (Å²) in [5, 5.41) is 3.48. The standard InChI is InChI=1S/C20H23BrN2O.2ClH/c21-19-9-5-4-8-18(19)20(24)10-12-23-13-11-22-15-17(23)14-16-6-2-1-3-7-16;;/h1-9,17,22H,10-15H2;2*1H/t17-;;/m1../s1. The number of hydrogen-bond acceptors (Lipinski definition) is 3. The molecule has 3 nitrogen and oxygen atoms in total. The molecule has 2 aromatic carbocycles. The van der Waals surface area contributed by atoms with Crippen LogP contribution >= 0.6 is 40.7 Å². The molecule has 0 radical (unpaired) electrons. The van der Waals surface area contributed by atoms with Crippen LogP contribution in [0.15, 0.2) is 59.1 Å². The average Bonchev–Trinajstić information content (AvgIpc) is 2.62. The predicted molar refractivity (Wildman–Crippen MR) is 116 cm³/mol. The molecule has 1 aliphatic heterocycles. The molecule has 142 valence electrons. The molecule has 0 spiro atoms. The maximum atomic E-state index is 12.5. The third kappa shape index (κ3) is 6.36. The fraction of sp³-hybridized carbons (Fsp3) is 0.350. The number of benzene rings is 2. The minimum Gasteiger partial charge on any atom is -0.314 e. The summed E-state index contributed by atoms with van der Waals surface area (Å²) in [5.41, 5.74) is 2.14. The minimum atomic E-state index is 0. The summed E-state index contributed by atoms with van der Waals surface area (Å²) < 4.78 is 0.885. The van der Waals surface area contributed by atoms with Gasteiger partial charge in [0.25, 0.3) is 0 Å². The predicted octanol–water partition coefficient (Wildman–Crippen LogP) is 4.38. The summed E-state index contributed by atoms with van der Waals surface area (Å²) in [5.74, 6) is 0.208. The summed E-state index contributed by atoms with van der Waals surface area (Å²) in [6, 6.07) is 18.7. The van der Waals surface area contributed by atoms with Gasteiger partial charge in [-0.15, -0.1) is 24.8 Å². The van der Waals surface area contributed by atoms with Crippen LogP contribution in [0.4, 0.5) is 0 Å². The molecule has 1 atom stereocenters. The number of ketones is 1. The molecule has 6 heteroatoms. The molecule has 0 aromatic heterocycles. The summed E-state index contributed by atoms with van der Waals surface area (Å²) >= 11 is 3.47. The van der Waals surface area contributed by atoms with Crippen LogP contribution in [0.2, 0.25) is 0 Å². The van der Waals surface area contributed by atoms with E-state index < -0.39 is 0 Å². The number of halogens is 3. The third-order valence-corrected chi connectivity index (χ3v) is 5.28. The number of Topliss-reactive ketones (excluding diaryl/α,β-unsaturated/α-hetero) is 1. The molecule has 1 fully saturated rings. The van der Waals surface area contributed by atoms with Crippen LogP contribution in [0, 0.1) is 0 Å². The van der Waals surface area contributed by atoms with Crippen molar-refractivity contribution in [1.82, 2.24) is 10.2 Å². The zero-order valence-electron chi connectivity index (χ0n) is 14.6. The Labute approximate surface area is 176 Å². The summed E-state index contributed by atoms with van der Waals surface area (Å²) in [6.45, 7) is 3.80. The lowest BCUT2D eigenvalue weighted by Crippen LogP contribution is -2.52. The largest absolute Gasteiger partial charge is 0.314 e. The van der Waals surface area contributed by atoms with Gasteiger partial charge in [0, 0.05) is 48.7 Å². The van der Waals surface area contributed by atoms with Gasteiger partial charge in [0.05, 0.1) is 0 Å². The van der Waals surface area contributed by atoms with E-state index in [4.69, 9.17) is 0 Å². The number of hydrogen-bond donors (Lipinski definition) is 1. The van der Waals surface area contributed by atoms with E-state index in [0.717, 1.165) is 42.6 Å². The maximum Gasteiger partial charge on any atom is 0.165 e. The number of rotatable bonds is 6. The second-order valence-electron chi connectivity index (χ2n) is 6.24. The van der Waals surface area contributed by atoms with Crippen LogP contribution in [0.25, 0.3) is 0 Å². The number of carbonyl (C=O) groups excluding carboxylic acids is 1. The topological polar surface area (TPSA) is 32.3 Å². The first kappa shape index (κ1) is 23.1. The van der Waals surface area contributed by atoms with Gasteiger partial charge >= 0.3 is 0 Å². The van der Waals surface area contributed by atoms with Crippen molar-refractivity contribution in [1.29, 1.82) is 0 Å². The number of nitrogens with zero attached hydrogens (tertiary/aromatic N) is 1. The molecule has 2 aromatic rings. The normalized spacial score (nSPS) is 17.0. The molecule has 1 heterocycles. The highest BCUT2D eigenvalue weighted by Gasteiger charge is 2.23. The first-order chi connectivity index (χ1) is 11.7. The van der Waals surface area contributed by atoms with E-state index in [-0.39, 0.29) is 30.6 Å². The van der Waals surface area contributed by atoms with E-state index >= 15 is 0 Å². The van der Waals surface area contributed by atoms with Gasteiger partial charge in [0.2, 0.25) is 0 Å². The second-order valence-corrected chi connectivity index (χ2v) is 7.09. The molecule has 1 N–H and O–H groups in total. The second kappa shape index (κ2) is 11.7. The number of piperazine rings is 1. The molecule has 0 amide bonds. The molecule has 1 aliphatic rings. The lowest BCUT2D eigenvalue weighted by atomic mass is 10.0. The third-order valence-electron chi connectivity index (χ3n) is 4.59. The van der Waals surface area contributed by atoms with Crippen molar-refractivity contribution in [3.05, 3.63) is 70.2 Å². The van der Waals surface area contributed by atoms with E-state index in [1.165, 1.54) is 5.56 Å². The van der Waals surface area contributed by atoms with Crippen LogP contribution in [-0.4, -0.2) is 42.9 Å². The van der Waals surface area contributed by atoms with Gasteiger partial charge in [-0.1, -0.05) is 64.5 Å². The maximum absolute atomic E-state index is 12.5. The summed E-state index contributed by atoms with van der Waals surface area (Å²) in [6.07, 6.45) is 1.59. The molecular weight excluding hydrogens is 435 g/mol. The van der Waals surface area contributed by atoms with Crippen LogP contribution in [0.5, 0.6) is 0 Å². The lowest BCUT2D eigenvalue weighted by Gasteiger charge is -2.36. The first-order valence-corrected chi connectivity index (χ1v) is 9.30. The van der Waals surface area contributed by atoms with Gasteiger partial charge in [0.15, 0.2) is 5.78 Å². The Bertz CT molecular complexity index is 685. The Morgan fingerprint density at radius 1 is 1.08 bits per heavy atom. The fourth-order valence-corrected chi connectivity index (χ4v) is 3.76. The molecule has 3 rings (SSSR count). The van der Waals surface area contributed by atoms with Gasteiger partial charge < -0.3 is 5.32 Å². The van der Waals surface area contributed by atoms with Crippen LogP contribution in [0.1, 0.15) is 22.3 Å². The van der Waals surface area contributed by atoms with Crippen LogP contribution < -0.4 is 5.32 Å². The Kier molecular flexibility index (Phi) is 10.4. The Balaban J connectivity index is 0.00000169. The van der Waals surface area contributed by atoms with Gasteiger partial charge in [-0.25, -0.2) is 0 Å². The van der Waals surface area contributed by atoms with E-state index in [1.807, 2.05) is 24.3 Å². The average molecular weight is 460 g/mol. The van der Waals surface area contributed by atoms with E-state index in [2.05, 4.69) is 56.5 Å². The highest BCUT2D eigenvalue weighted by Crippen LogP contribution is 2.18. The summed E-state index contributed by atoms with van der Waals surface area (Å²) in [4.78, 5) is 15.0. The highest BCUT2D eigenvalue weighted by atomic mass is 79.9. The SMILES string of the molecule is Cl.Cl.O=C(CCN1CCNC[C@H]1Cc1ccccc1)c1ccccc1Br. The van der Waals surface area contributed by atoms with Crippen molar-refractivity contribution in [2.45, 2.75) is 18.9 Å². The Morgan fingerprint density at radius 2 is 1.77 bits per heavy atom. The fourth-order valence-electron chi connectivity index (χ4n) is 3.25. The smallest absolute Gasteiger partial charge is 0.165 e. The van der Waals surface area contributed by atoms with Crippen molar-refractivity contribution in [2.24, 2.45) is 0 Å². The zero-order valence-corrected chi connectivity index (χ0v) is 17.8. The zero-order chi connectivity index (χ0) is 16.8. The molecule has 26 heavy (non-hydrogen) atoms. The monoisotopic (exact) mass is 458 g/mol. The van der Waals surface area contributed by atoms with Crippen molar-refractivity contribution < 1.29 is 4.79 Å². The Morgan fingerprint density at radius 3 is 2.50 bits per heavy atom. The molecule has 0 saturated carbocycles. The summed E-state index contributed by atoms with van der Waals surface area (Å²) in [7, 11) is 0. The molecular formula is C20H25BrCl2N2O. The van der Waals surface area contributed by atoms with Crippen molar-refractivity contribution in [2.75, 3.05) is 26.2 Å². The van der Waals surface area contributed by atoms with Gasteiger partial charge in [0.1, 0.15) is 0 Å². The highest BCUT2D eigenvalue weighted by molar-refractivity contribution is 9.10. The van der Waals surface area contributed by atoms with E-state index in [9.17, 15) is 4.79 Å². The first-order valence-electron chi connectivity index (χ1n) is 8.50. The lowest BCUT2D eigenvalue weighted by molar-refractivity contribution is 0.0934. The van der Waals surface area contributed by atoms with Gasteiger partial charge in [-0.05, 0) is 18.1 Å². The van der Waals surface area contributed by atoms with Crippen molar-refractivity contribution >= 4 is 46.5 Å². The van der Waals surface area contributed by atoms with Gasteiger partial charge in [-0.3, -0.25) is 9.69 Å². The van der Waals surface area contributed by atoms with Crippen molar-refractivity contribution in [3.8, 4) is 0 Å². The van der Waals surface area contributed by atoms with Crippen LogP contribution in [-0.2, 0) is 6.42 Å². The molecule has 0 aliphatic carbocycles. The van der Waals surface area contributed by atoms with Crippen LogP contribution in [0.3, 0.4) is 0 Å². The van der Waals surface area contributed by atoms with Gasteiger partial charge in [-0.2, -0.15) is 0 Å².